The van der Waals surface area contributed by atoms with Crippen molar-refractivity contribution >= 4 is 18.0 Å². The number of carboxylic acids is 2. The second-order valence-corrected chi connectivity index (χ2v) is 4.13. The molecule has 1 rings (SSSR count). The van der Waals surface area contributed by atoms with Gasteiger partial charge in [0.15, 0.2) is 0 Å². The van der Waals surface area contributed by atoms with Crippen LogP contribution in [-0.2, 0) is 16.1 Å². The molecule has 0 fully saturated rings. The van der Waals surface area contributed by atoms with Crippen LogP contribution in [0.3, 0.4) is 0 Å². The smallest absolute Gasteiger partial charge is 0.326 e. The summed E-state index contributed by atoms with van der Waals surface area (Å²) < 4.78 is 0. The Balaban J connectivity index is 2.54. The predicted octanol–water partition coefficient (Wildman–Crippen LogP) is 0.285. The van der Waals surface area contributed by atoms with Crippen LogP contribution in [-0.4, -0.2) is 34.2 Å². The summed E-state index contributed by atoms with van der Waals surface area (Å²) in [6, 6.07) is 6.17. The molecule has 1 aromatic carbocycles. The summed E-state index contributed by atoms with van der Waals surface area (Å²) >= 11 is 0. The summed E-state index contributed by atoms with van der Waals surface area (Å²) in [7, 11) is 0. The molecule has 0 unspecified atom stereocenters. The number of nitrogens with zero attached hydrogens (tertiary/aromatic N) is 1. The highest BCUT2D eigenvalue weighted by Crippen LogP contribution is 2.03. The summed E-state index contributed by atoms with van der Waals surface area (Å²) in [6.45, 7) is 0.0841. The average Bonchev–Trinajstić information content (AvgIpc) is 2.44. The van der Waals surface area contributed by atoms with Gasteiger partial charge in [-0.15, -0.1) is 0 Å². The van der Waals surface area contributed by atoms with Gasteiger partial charge >= 0.3 is 18.0 Å². The van der Waals surface area contributed by atoms with Crippen LogP contribution in [0.4, 0.5) is 4.79 Å². The highest BCUT2D eigenvalue weighted by Gasteiger charge is 2.22. The van der Waals surface area contributed by atoms with E-state index in [4.69, 9.17) is 15.5 Å². The lowest BCUT2D eigenvalue weighted by molar-refractivity contribution is -0.145. The van der Waals surface area contributed by atoms with Crippen molar-refractivity contribution in [1.29, 1.82) is 5.26 Å². The molecule has 1 atom stereocenters. The largest absolute Gasteiger partial charge is 0.481 e. The van der Waals surface area contributed by atoms with E-state index in [0.29, 0.717) is 11.1 Å². The molecule has 0 saturated carbocycles. The number of hydrogen-bond acceptors (Lipinski definition) is 4. The fourth-order valence-corrected chi connectivity index (χ4v) is 1.52. The topological polar surface area (TPSA) is 140 Å². The lowest BCUT2D eigenvalue weighted by Gasteiger charge is -2.13. The minimum absolute atomic E-state index is 0.0841. The Morgan fingerprint density at radius 3 is 2.57 bits per heavy atom. The molecule has 0 aliphatic rings. The van der Waals surface area contributed by atoms with E-state index in [1.54, 1.807) is 24.3 Å². The monoisotopic (exact) mass is 291 g/mol. The first kappa shape index (κ1) is 16.0. The SMILES string of the molecule is N#Cc1cccc(CNC(=O)N[C@@H](CC(=O)O)C(=O)O)c1. The first-order valence-electron chi connectivity index (χ1n) is 5.90. The number of urea groups is 1. The summed E-state index contributed by atoms with van der Waals surface area (Å²) in [4.78, 5) is 32.8. The first-order chi connectivity index (χ1) is 9.92. The van der Waals surface area contributed by atoms with Gasteiger partial charge in [-0.25, -0.2) is 9.59 Å². The zero-order chi connectivity index (χ0) is 15.8. The number of nitriles is 1. The zero-order valence-corrected chi connectivity index (χ0v) is 10.9. The Morgan fingerprint density at radius 2 is 2.00 bits per heavy atom. The van der Waals surface area contributed by atoms with Gasteiger partial charge in [0.25, 0.3) is 0 Å². The van der Waals surface area contributed by atoms with Crippen LogP contribution >= 0.6 is 0 Å². The number of rotatable bonds is 6. The highest BCUT2D eigenvalue weighted by atomic mass is 16.4. The quantitative estimate of drug-likeness (QED) is 0.593. The van der Waals surface area contributed by atoms with E-state index >= 15 is 0 Å². The number of amides is 2. The van der Waals surface area contributed by atoms with E-state index in [1.807, 2.05) is 6.07 Å². The van der Waals surface area contributed by atoms with Crippen LogP contribution in [0, 0.1) is 11.3 Å². The molecule has 4 N–H and O–H groups in total. The Bertz CT molecular complexity index is 594. The summed E-state index contributed by atoms with van der Waals surface area (Å²) in [5.74, 6) is -2.76. The van der Waals surface area contributed by atoms with Gasteiger partial charge < -0.3 is 20.8 Å². The number of carbonyl (C=O) groups excluding carboxylic acids is 1. The Morgan fingerprint density at radius 1 is 1.29 bits per heavy atom. The van der Waals surface area contributed by atoms with Crippen LogP contribution < -0.4 is 10.6 Å². The minimum Gasteiger partial charge on any atom is -0.481 e. The predicted molar refractivity (Wildman–Crippen MR) is 70.2 cm³/mol. The molecular formula is C13H13N3O5. The minimum atomic E-state index is -1.51. The highest BCUT2D eigenvalue weighted by molar-refractivity contribution is 5.86. The third kappa shape index (κ3) is 5.61. The molecule has 21 heavy (non-hydrogen) atoms. The lowest BCUT2D eigenvalue weighted by Crippen LogP contribution is -2.46. The van der Waals surface area contributed by atoms with Crippen molar-refractivity contribution in [3.05, 3.63) is 35.4 Å². The van der Waals surface area contributed by atoms with Gasteiger partial charge in [0.1, 0.15) is 6.04 Å². The van der Waals surface area contributed by atoms with Crippen molar-refractivity contribution in [2.24, 2.45) is 0 Å². The molecule has 0 saturated heterocycles. The van der Waals surface area contributed by atoms with Crippen molar-refractivity contribution in [3.8, 4) is 6.07 Å². The Labute approximate surface area is 120 Å². The lowest BCUT2D eigenvalue weighted by atomic mass is 10.1. The molecule has 0 heterocycles. The van der Waals surface area contributed by atoms with Crippen molar-refractivity contribution in [3.63, 3.8) is 0 Å². The van der Waals surface area contributed by atoms with Gasteiger partial charge in [-0.3, -0.25) is 4.79 Å². The number of nitrogens with one attached hydrogen (secondary N) is 2. The van der Waals surface area contributed by atoms with Crippen molar-refractivity contribution in [1.82, 2.24) is 10.6 Å². The second kappa shape index (κ2) is 7.49. The number of aliphatic carboxylic acids is 2. The molecule has 0 spiro atoms. The maximum atomic E-state index is 11.5. The molecule has 1 aromatic rings. The van der Waals surface area contributed by atoms with Crippen LogP contribution in [0.1, 0.15) is 17.5 Å². The molecule has 2 amide bonds. The molecule has 0 bridgehead atoms. The van der Waals surface area contributed by atoms with E-state index < -0.39 is 30.4 Å². The summed E-state index contributed by atoms with van der Waals surface area (Å²) in [5.41, 5.74) is 1.10. The van der Waals surface area contributed by atoms with Crippen LogP contribution in [0.25, 0.3) is 0 Å². The maximum Gasteiger partial charge on any atom is 0.326 e. The van der Waals surface area contributed by atoms with Crippen LogP contribution in [0.2, 0.25) is 0 Å². The molecule has 110 valence electrons. The van der Waals surface area contributed by atoms with Crippen molar-refractivity contribution in [2.75, 3.05) is 0 Å². The maximum absolute atomic E-state index is 11.5. The van der Waals surface area contributed by atoms with Crippen molar-refractivity contribution < 1.29 is 24.6 Å². The molecule has 0 aliphatic heterocycles. The Kier molecular flexibility index (Phi) is 5.70. The average molecular weight is 291 g/mol. The third-order valence-electron chi connectivity index (χ3n) is 2.49. The van der Waals surface area contributed by atoms with E-state index in [0.717, 1.165) is 0 Å². The van der Waals surface area contributed by atoms with Crippen LogP contribution in [0.5, 0.6) is 0 Å². The Hall–Kier alpha value is -3.08. The van der Waals surface area contributed by atoms with E-state index in [1.165, 1.54) is 0 Å². The number of benzene rings is 1. The fourth-order valence-electron chi connectivity index (χ4n) is 1.52. The molecule has 0 aliphatic carbocycles. The van der Waals surface area contributed by atoms with Gasteiger partial charge in [0, 0.05) is 6.54 Å². The zero-order valence-electron chi connectivity index (χ0n) is 10.9. The van der Waals surface area contributed by atoms with Crippen LogP contribution in [0.15, 0.2) is 24.3 Å². The molecular weight excluding hydrogens is 278 g/mol. The third-order valence-corrected chi connectivity index (χ3v) is 2.49. The van der Waals surface area contributed by atoms with Gasteiger partial charge in [0.05, 0.1) is 18.1 Å². The van der Waals surface area contributed by atoms with Gasteiger partial charge in [-0.2, -0.15) is 5.26 Å². The number of hydrogen-bond donors (Lipinski definition) is 4. The normalized spacial score (nSPS) is 11.0. The van der Waals surface area contributed by atoms with Crippen molar-refractivity contribution in [2.45, 2.75) is 19.0 Å². The fraction of sp³-hybridized carbons (Fsp3) is 0.231. The van der Waals surface area contributed by atoms with E-state index in [9.17, 15) is 14.4 Å². The summed E-state index contributed by atoms with van der Waals surface area (Å²) in [6.07, 6.45) is -0.716. The molecule has 0 aromatic heterocycles. The van der Waals surface area contributed by atoms with Gasteiger partial charge in [-0.1, -0.05) is 12.1 Å². The van der Waals surface area contributed by atoms with E-state index in [-0.39, 0.29) is 6.54 Å². The standard InChI is InChI=1S/C13H13N3O5/c14-6-8-2-1-3-9(4-8)7-15-13(21)16-10(12(19)20)5-11(17)18/h1-4,10H,5,7H2,(H,17,18)(H,19,20)(H2,15,16,21)/t10-/m0/s1. The molecule has 0 radical (unpaired) electrons. The molecule has 8 heteroatoms. The van der Waals surface area contributed by atoms with Gasteiger partial charge in [-0.05, 0) is 17.7 Å². The van der Waals surface area contributed by atoms with Gasteiger partial charge in [0.2, 0.25) is 0 Å². The number of carboxylic acid groups (broad SMARTS) is 2. The number of carbonyl (C=O) groups is 3. The first-order valence-corrected chi connectivity index (χ1v) is 5.90. The molecule has 8 nitrogen and oxygen atoms in total. The van der Waals surface area contributed by atoms with E-state index in [2.05, 4.69) is 10.6 Å². The second-order valence-electron chi connectivity index (χ2n) is 4.13. The summed E-state index contributed by atoms with van der Waals surface area (Å²) in [5, 5.41) is 30.5.